The van der Waals surface area contributed by atoms with Gasteiger partial charge in [0.1, 0.15) is 12.7 Å². The van der Waals surface area contributed by atoms with E-state index in [4.69, 9.17) is 24.2 Å². The molecule has 12 nitrogen and oxygen atoms in total. The van der Waals surface area contributed by atoms with Gasteiger partial charge >= 0.3 is 23.6 Å². The van der Waals surface area contributed by atoms with Crippen molar-refractivity contribution in [3.63, 3.8) is 0 Å². The van der Waals surface area contributed by atoms with Crippen LogP contribution in [0.2, 0.25) is 0 Å². The Kier molecular flexibility index (Phi) is 5.61. The van der Waals surface area contributed by atoms with Gasteiger partial charge < -0.3 is 18.9 Å². The molecule has 152 valence electrons. The second-order valence-electron chi connectivity index (χ2n) is 6.70. The van der Waals surface area contributed by atoms with Gasteiger partial charge in [-0.05, 0) is 12.0 Å². The highest BCUT2D eigenvalue weighted by atomic mass is 16.7. The highest BCUT2D eigenvalue weighted by Crippen LogP contribution is 2.35. The quantitative estimate of drug-likeness (QED) is 0.273. The summed E-state index contributed by atoms with van der Waals surface area (Å²) < 4.78 is 22.0. The van der Waals surface area contributed by atoms with Gasteiger partial charge in [-0.15, -0.1) is 0 Å². The number of ether oxygens (including phenoxy) is 4. The number of fused-ring (bicyclic) bond motifs is 1. The predicted molar refractivity (Wildman–Crippen MR) is 88.0 cm³/mol. The number of rotatable bonds is 6. The van der Waals surface area contributed by atoms with Gasteiger partial charge in [-0.3, -0.25) is 20.0 Å². The number of nitrogens with one attached hydrogen (secondary N) is 1. The number of esters is 3. The number of hydrogen-bond donors (Lipinski definition) is 2. The van der Waals surface area contributed by atoms with Gasteiger partial charge in [-0.2, -0.15) is 4.98 Å². The maximum atomic E-state index is 12.2. The molecule has 2 aliphatic rings. The molecule has 0 unspecified atom stereocenters. The monoisotopic (exact) mass is 397 g/mol. The third-order valence-electron chi connectivity index (χ3n) is 4.14. The molecule has 0 aliphatic carbocycles. The van der Waals surface area contributed by atoms with Crippen LogP contribution in [0.15, 0.2) is 17.1 Å². The van der Waals surface area contributed by atoms with E-state index in [-0.39, 0.29) is 24.8 Å². The molecule has 3 rings (SSSR count). The second kappa shape index (κ2) is 7.94. The van der Waals surface area contributed by atoms with Crippen molar-refractivity contribution in [2.75, 3.05) is 12.1 Å². The van der Waals surface area contributed by atoms with Crippen molar-refractivity contribution in [3.05, 3.63) is 22.7 Å². The minimum Gasteiger partial charge on any atom is -0.463 e. The van der Waals surface area contributed by atoms with Crippen LogP contribution in [0.3, 0.4) is 0 Å². The van der Waals surface area contributed by atoms with Gasteiger partial charge in [0, 0.05) is 12.6 Å². The van der Waals surface area contributed by atoms with E-state index in [1.165, 1.54) is 12.3 Å². The van der Waals surface area contributed by atoms with Crippen molar-refractivity contribution >= 4 is 23.7 Å². The maximum Gasteiger partial charge on any atom is 0.418 e. The standard InChI is InChI=1S/C16H19N3O9/c1-7(2)5-10(20)25-6-8-11-12(28-15(22)14(21)27-11)13(26-8)19-4-3-9(18-24)17-16(19)23/h3-4,7-8,11-13,24H,5-6H2,1-2H3,(H,17,18,23)/t8-,11-,12-,13-/m1/s1. The zero-order valence-electron chi connectivity index (χ0n) is 15.1. The predicted octanol–water partition coefficient (Wildman–Crippen LogP) is -0.632. The second-order valence-corrected chi connectivity index (χ2v) is 6.70. The van der Waals surface area contributed by atoms with E-state index in [1.54, 1.807) is 5.48 Å². The van der Waals surface area contributed by atoms with Gasteiger partial charge in [-0.25, -0.2) is 14.4 Å². The first-order valence-electron chi connectivity index (χ1n) is 8.52. The van der Waals surface area contributed by atoms with Crippen molar-refractivity contribution < 1.29 is 38.5 Å². The third kappa shape index (κ3) is 3.97. The summed E-state index contributed by atoms with van der Waals surface area (Å²) in [7, 11) is 0. The normalized spacial score (nSPS) is 26.4. The number of carbonyl (C=O) groups excluding carboxylic acids is 3. The van der Waals surface area contributed by atoms with Gasteiger partial charge in [0.05, 0.1) is 0 Å². The van der Waals surface area contributed by atoms with E-state index >= 15 is 0 Å². The Bertz CT molecular complexity index is 837. The number of aromatic nitrogens is 2. The SMILES string of the molecule is CC(C)CC(=O)OC[C@H]1O[C@@H](n2ccc(NO)nc2=O)[C@@H]2OC(=O)C(=O)O[C@@H]21. The van der Waals surface area contributed by atoms with Crippen LogP contribution in [-0.2, 0) is 33.3 Å². The zero-order valence-corrected chi connectivity index (χ0v) is 15.1. The van der Waals surface area contributed by atoms with Crippen LogP contribution in [0.25, 0.3) is 0 Å². The topological polar surface area (TPSA) is 155 Å². The minimum absolute atomic E-state index is 0.0919. The average molecular weight is 397 g/mol. The summed E-state index contributed by atoms with van der Waals surface area (Å²) >= 11 is 0. The lowest BCUT2D eigenvalue weighted by Crippen LogP contribution is -2.48. The van der Waals surface area contributed by atoms with E-state index in [0.717, 1.165) is 4.57 Å². The largest absolute Gasteiger partial charge is 0.463 e. The van der Waals surface area contributed by atoms with Crippen molar-refractivity contribution in [1.29, 1.82) is 0 Å². The smallest absolute Gasteiger partial charge is 0.418 e. The molecule has 3 heterocycles. The fraction of sp³-hybridized carbons (Fsp3) is 0.562. The van der Waals surface area contributed by atoms with E-state index in [9.17, 15) is 19.2 Å². The summed E-state index contributed by atoms with van der Waals surface area (Å²) in [6.45, 7) is 3.45. The summed E-state index contributed by atoms with van der Waals surface area (Å²) in [5.74, 6) is -2.89. The molecule has 2 fully saturated rings. The molecule has 28 heavy (non-hydrogen) atoms. The lowest BCUT2D eigenvalue weighted by molar-refractivity contribution is -0.195. The van der Waals surface area contributed by atoms with Crippen LogP contribution in [-0.4, -0.2) is 57.6 Å². The van der Waals surface area contributed by atoms with Gasteiger partial charge in [-0.1, -0.05) is 13.8 Å². The summed E-state index contributed by atoms with van der Waals surface area (Å²) in [6.07, 6.45) is -2.87. The van der Waals surface area contributed by atoms with Crippen LogP contribution in [0.1, 0.15) is 26.5 Å². The highest BCUT2D eigenvalue weighted by Gasteiger charge is 2.55. The summed E-state index contributed by atoms with van der Waals surface area (Å²) in [5.41, 5.74) is 0.922. The van der Waals surface area contributed by atoms with Gasteiger partial charge in [0.25, 0.3) is 0 Å². The minimum atomic E-state index is -1.22. The molecule has 2 aliphatic heterocycles. The molecule has 12 heteroatoms. The first kappa shape index (κ1) is 19.8. The van der Waals surface area contributed by atoms with Gasteiger partial charge in [0.2, 0.25) is 0 Å². The van der Waals surface area contributed by atoms with Crippen LogP contribution in [0.4, 0.5) is 5.82 Å². The molecule has 1 aromatic rings. The lowest BCUT2D eigenvalue weighted by Gasteiger charge is -2.28. The summed E-state index contributed by atoms with van der Waals surface area (Å²) in [4.78, 5) is 50.7. The Labute approximate surface area is 158 Å². The average Bonchev–Trinajstić information content (AvgIpc) is 2.97. The molecule has 0 spiro atoms. The van der Waals surface area contributed by atoms with E-state index in [0.29, 0.717) is 0 Å². The Hall–Kier alpha value is -2.99. The molecule has 2 saturated heterocycles. The Morgan fingerprint density at radius 2 is 1.96 bits per heavy atom. The molecule has 1 aromatic heterocycles. The number of carbonyl (C=O) groups is 3. The summed E-state index contributed by atoms with van der Waals surface area (Å²) in [5, 5.41) is 8.83. The number of nitrogens with zero attached hydrogens (tertiary/aromatic N) is 2. The lowest BCUT2D eigenvalue weighted by atomic mass is 10.1. The third-order valence-corrected chi connectivity index (χ3v) is 4.14. The fourth-order valence-corrected chi connectivity index (χ4v) is 2.91. The molecule has 0 bridgehead atoms. The van der Waals surface area contributed by atoms with Crippen molar-refractivity contribution in [1.82, 2.24) is 9.55 Å². The van der Waals surface area contributed by atoms with E-state index < -0.39 is 48.1 Å². The van der Waals surface area contributed by atoms with Crippen molar-refractivity contribution in [2.24, 2.45) is 5.92 Å². The molecular weight excluding hydrogens is 378 g/mol. The first-order chi connectivity index (χ1) is 13.3. The maximum absolute atomic E-state index is 12.2. The molecule has 0 amide bonds. The van der Waals surface area contributed by atoms with E-state index in [1.807, 2.05) is 13.8 Å². The Morgan fingerprint density at radius 1 is 1.29 bits per heavy atom. The fourth-order valence-electron chi connectivity index (χ4n) is 2.91. The van der Waals surface area contributed by atoms with Gasteiger partial charge in [0.15, 0.2) is 24.3 Å². The number of hydrogen-bond acceptors (Lipinski definition) is 11. The number of anilines is 1. The van der Waals surface area contributed by atoms with E-state index in [2.05, 4.69) is 4.98 Å². The van der Waals surface area contributed by atoms with Crippen molar-refractivity contribution in [3.8, 4) is 0 Å². The van der Waals surface area contributed by atoms with Crippen LogP contribution < -0.4 is 11.2 Å². The molecule has 4 atom stereocenters. The molecule has 0 saturated carbocycles. The Balaban J connectivity index is 1.81. The first-order valence-corrected chi connectivity index (χ1v) is 8.52. The molecular formula is C16H19N3O9. The molecule has 0 aromatic carbocycles. The highest BCUT2D eigenvalue weighted by molar-refractivity contribution is 6.30. The molecule has 0 radical (unpaired) electrons. The van der Waals surface area contributed by atoms with Crippen molar-refractivity contribution in [2.45, 2.75) is 44.8 Å². The Morgan fingerprint density at radius 3 is 2.57 bits per heavy atom. The van der Waals surface area contributed by atoms with Crippen LogP contribution in [0, 0.1) is 5.92 Å². The summed E-state index contributed by atoms with van der Waals surface area (Å²) in [6, 6.07) is 1.28. The zero-order chi connectivity index (χ0) is 20.4. The van der Waals surface area contributed by atoms with Crippen LogP contribution >= 0.6 is 0 Å². The molecule has 2 N–H and O–H groups in total. The van der Waals surface area contributed by atoms with Crippen LogP contribution in [0.5, 0.6) is 0 Å².